The van der Waals surface area contributed by atoms with Gasteiger partial charge in [0.05, 0.1) is 13.1 Å². The molecule has 1 aliphatic rings. The van der Waals surface area contributed by atoms with Gasteiger partial charge in [0.1, 0.15) is 12.4 Å². The number of amides is 1. The number of rotatable bonds is 4. The molecule has 3 heteroatoms. The maximum atomic E-state index is 11.5. The zero-order chi connectivity index (χ0) is 12.1. The van der Waals surface area contributed by atoms with E-state index in [0.717, 1.165) is 5.56 Å². The monoisotopic (exact) mass is 227 g/mol. The molecule has 0 unspecified atom stereocenters. The van der Waals surface area contributed by atoms with Crippen LogP contribution in [0.5, 0.6) is 0 Å². The van der Waals surface area contributed by atoms with E-state index in [1.165, 1.54) is 6.08 Å². The Hall–Kier alpha value is -2.21. The molecule has 2 rings (SSSR count). The summed E-state index contributed by atoms with van der Waals surface area (Å²) in [4.78, 5) is 13.0. The van der Waals surface area contributed by atoms with Crippen LogP contribution in [0.2, 0.25) is 0 Å². The molecule has 0 N–H and O–H groups in total. The van der Waals surface area contributed by atoms with Crippen LogP contribution < -0.4 is 0 Å². The second kappa shape index (κ2) is 5.22. The van der Waals surface area contributed by atoms with Crippen molar-refractivity contribution in [3.63, 3.8) is 0 Å². The molecule has 0 spiro atoms. The van der Waals surface area contributed by atoms with E-state index in [-0.39, 0.29) is 5.91 Å². The van der Waals surface area contributed by atoms with Crippen LogP contribution >= 0.6 is 0 Å². The largest absolute Gasteiger partial charge is 0.491 e. The predicted molar refractivity (Wildman–Crippen MR) is 64.7 cm³/mol. The van der Waals surface area contributed by atoms with Gasteiger partial charge in [-0.05, 0) is 5.56 Å². The lowest BCUT2D eigenvalue weighted by molar-refractivity contribution is -0.124. The third-order valence-corrected chi connectivity index (χ3v) is 2.49. The van der Waals surface area contributed by atoms with Crippen molar-refractivity contribution in [3.05, 3.63) is 47.7 Å². The molecule has 0 atom stereocenters. The third-order valence-electron chi connectivity index (χ3n) is 2.49. The van der Waals surface area contributed by atoms with Crippen LogP contribution in [0.25, 0.3) is 0 Å². The van der Waals surface area contributed by atoms with Crippen LogP contribution in [0.15, 0.2) is 42.2 Å². The van der Waals surface area contributed by atoms with Crippen molar-refractivity contribution in [1.82, 2.24) is 4.90 Å². The Bertz CT molecular complexity index is 471. The Morgan fingerprint density at radius 1 is 1.35 bits per heavy atom. The number of carbonyl (C=O) groups excluding carboxylic acids is 1. The fourth-order valence-electron chi connectivity index (χ4n) is 1.62. The standard InChI is InChI=1S/C14H13NO2/c1-2-8-15-10-13(9-14(15)16)17-11-12-6-4-3-5-7-12/h1,3-7,9H,8,10-11H2. The van der Waals surface area contributed by atoms with Crippen molar-refractivity contribution in [2.24, 2.45) is 0 Å². The first-order valence-corrected chi connectivity index (χ1v) is 5.39. The minimum atomic E-state index is -0.0778. The Kier molecular flexibility index (Phi) is 3.46. The normalized spacial score (nSPS) is 14.4. The molecular formula is C14H13NO2. The average molecular weight is 227 g/mol. The van der Waals surface area contributed by atoms with Crippen LogP contribution in [0.3, 0.4) is 0 Å². The van der Waals surface area contributed by atoms with Crippen molar-refractivity contribution in [1.29, 1.82) is 0 Å². The molecule has 1 amide bonds. The second-order valence-corrected chi connectivity index (χ2v) is 3.78. The van der Waals surface area contributed by atoms with Gasteiger partial charge in [0.25, 0.3) is 5.91 Å². The Balaban J connectivity index is 1.88. The molecule has 0 saturated carbocycles. The molecule has 0 saturated heterocycles. The summed E-state index contributed by atoms with van der Waals surface area (Å²) in [5.41, 5.74) is 1.08. The molecule has 1 aromatic rings. The maximum Gasteiger partial charge on any atom is 0.251 e. The van der Waals surface area contributed by atoms with E-state index in [0.29, 0.717) is 25.5 Å². The number of terminal acetylenes is 1. The Morgan fingerprint density at radius 3 is 2.82 bits per heavy atom. The molecule has 0 radical (unpaired) electrons. The molecule has 86 valence electrons. The van der Waals surface area contributed by atoms with Crippen molar-refractivity contribution >= 4 is 5.91 Å². The van der Waals surface area contributed by atoms with E-state index in [1.807, 2.05) is 30.3 Å². The van der Waals surface area contributed by atoms with Crippen LogP contribution in [0, 0.1) is 12.3 Å². The van der Waals surface area contributed by atoms with Crippen LogP contribution in [0.4, 0.5) is 0 Å². The lowest BCUT2D eigenvalue weighted by Crippen LogP contribution is -2.26. The summed E-state index contributed by atoms with van der Waals surface area (Å²) in [6.45, 7) is 1.27. The number of hydrogen-bond donors (Lipinski definition) is 0. The highest BCUT2D eigenvalue weighted by Crippen LogP contribution is 2.13. The van der Waals surface area contributed by atoms with Gasteiger partial charge >= 0.3 is 0 Å². The Labute approximate surface area is 101 Å². The number of ether oxygens (including phenoxy) is 1. The van der Waals surface area contributed by atoms with E-state index >= 15 is 0 Å². The fourth-order valence-corrected chi connectivity index (χ4v) is 1.62. The number of carbonyl (C=O) groups is 1. The van der Waals surface area contributed by atoms with Gasteiger partial charge in [0, 0.05) is 6.08 Å². The zero-order valence-electron chi connectivity index (χ0n) is 9.43. The summed E-state index contributed by atoms with van der Waals surface area (Å²) >= 11 is 0. The minimum absolute atomic E-state index is 0.0778. The van der Waals surface area contributed by atoms with E-state index in [9.17, 15) is 4.79 Å². The van der Waals surface area contributed by atoms with E-state index in [2.05, 4.69) is 5.92 Å². The molecule has 0 bridgehead atoms. The van der Waals surface area contributed by atoms with Crippen molar-refractivity contribution in [3.8, 4) is 12.3 Å². The molecule has 1 heterocycles. The minimum Gasteiger partial charge on any atom is -0.491 e. The second-order valence-electron chi connectivity index (χ2n) is 3.78. The van der Waals surface area contributed by atoms with Gasteiger partial charge in [0.15, 0.2) is 0 Å². The third kappa shape index (κ3) is 2.88. The molecular weight excluding hydrogens is 214 g/mol. The van der Waals surface area contributed by atoms with Crippen LogP contribution in [-0.2, 0) is 16.1 Å². The first-order chi connectivity index (χ1) is 8.29. The van der Waals surface area contributed by atoms with Gasteiger partial charge in [-0.25, -0.2) is 0 Å². The van der Waals surface area contributed by atoms with Crippen LogP contribution in [-0.4, -0.2) is 23.9 Å². The number of hydrogen-bond acceptors (Lipinski definition) is 2. The van der Waals surface area contributed by atoms with Crippen molar-refractivity contribution < 1.29 is 9.53 Å². The van der Waals surface area contributed by atoms with Gasteiger partial charge in [0.2, 0.25) is 0 Å². The van der Waals surface area contributed by atoms with Gasteiger partial charge < -0.3 is 9.64 Å². The van der Waals surface area contributed by atoms with Gasteiger partial charge in [-0.3, -0.25) is 4.79 Å². The number of benzene rings is 1. The van der Waals surface area contributed by atoms with Gasteiger partial charge in [-0.2, -0.15) is 0 Å². The van der Waals surface area contributed by atoms with Gasteiger partial charge in [-0.15, -0.1) is 6.42 Å². The van der Waals surface area contributed by atoms with Crippen molar-refractivity contribution in [2.75, 3.05) is 13.1 Å². The summed E-state index contributed by atoms with van der Waals surface area (Å²) in [5, 5.41) is 0. The molecule has 17 heavy (non-hydrogen) atoms. The smallest absolute Gasteiger partial charge is 0.251 e. The Morgan fingerprint density at radius 2 is 2.12 bits per heavy atom. The molecule has 0 aliphatic carbocycles. The molecule has 0 fully saturated rings. The molecule has 0 aromatic heterocycles. The van der Waals surface area contributed by atoms with E-state index in [1.54, 1.807) is 4.90 Å². The average Bonchev–Trinajstić information content (AvgIpc) is 2.70. The summed E-state index contributed by atoms with van der Waals surface area (Å²) < 4.78 is 5.57. The quantitative estimate of drug-likeness (QED) is 0.731. The lowest BCUT2D eigenvalue weighted by atomic mass is 10.2. The molecule has 3 nitrogen and oxygen atoms in total. The zero-order valence-corrected chi connectivity index (χ0v) is 9.43. The summed E-state index contributed by atoms with van der Waals surface area (Å²) in [5.74, 6) is 3.05. The lowest BCUT2D eigenvalue weighted by Gasteiger charge is -2.12. The first kappa shape index (κ1) is 11.3. The van der Waals surface area contributed by atoms with Gasteiger partial charge in [-0.1, -0.05) is 36.3 Å². The first-order valence-electron chi connectivity index (χ1n) is 5.39. The number of nitrogens with zero attached hydrogens (tertiary/aromatic N) is 1. The van der Waals surface area contributed by atoms with E-state index in [4.69, 9.17) is 11.2 Å². The predicted octanol–water partition coefficient (Wildman–Crippen LogP) is 1.56. The van der Waals surface area contributed by atoms with Crippen LogP contribution in [0.1, 0.15) is 5.56 Å². The van der Waals surface area contributed by atoms with Crippen molar-refractivity contribution in [2.45, 2.75) is 6.61 Å². The fraction of sp³-hybridized carbons (Fsp3) is 0.214. The summed E-state index contributed by atoms with van der Waals surface area (Å²) in [7, 11) is 0. The SMILES string of the molecule is C#CCN1CC(OCc2ccccc2)=CC1=O. The molecule has 1 aromatic carbocycles. The highest BCUT2D eigenvalue weighted by molar-refractivity contribution is 5.90. The summed E-state index contributed by atoms with van der Waals surface area (Å²) in [6.07, 6.45) is 6.67. The maximum absolute atomic E-state index is 11.5. The topological polar surface area (TPSA) is 29.5 Å². The highest BCUT2D eigenvalue weighted by Gasteiger charge is 2.21. The molecule has 1 aliphatic heterocycles. The highest BCUT2D eigenvalue weighted by atomic mass is 16.5. The summed E-state index contributed by atoms with van der Waals surface area (Å²) in [6, 6.07) is 9.83. The van der Waals surface area contributed by atoms with E-state index < -0.39 is 0 Å².